The fraction of sp³-hybridized carbons (Fsp3) is 0.667. The van der Waals surface area contributed by atoms with Gasteiger partial charge in [0.1, 0.15) is 0 Å². The molecule has 80 valence electrons. The highest BCUT2D eigenvalue weighted by Crippen LogP contribution is 2.36. The average Bonchev–Trinajstić information content (AvgIpc) is 2.11. The van der Waals surface area contributed by atoms with Crippen LogP contribution in [0, 0.1) is 12.3 Å². The second kappa shape index (κ2) is 6.05. The molecule has 0 saturated heterocycles. The number of hydrogen-bond acceptors (Lipinski definition) is 1. The first kappa shape index (κ1) is 13.5. The van der Waals surface area contributed by atoms with Gasteiger partial charge in [-0.2, -0.15) is 0 Å². The zero-order chi connectivity index (χ0) is 11.2. The molecule has 0 aromatic carbocycles. The predicted octanol–water partition coefficient (Wildman–Crippen LogP) is 3.59. The summed E-state index contributed by atoms with van der Waals surface area (Å²) < 4.78 is 5.97. The highest BCUT2D eigenvalue weighted by Gasteiger charge is 2.40. The Morgan fingerprint density at radius 3 is 2.14 bits per heavy atom. The van der Waals surface area contributed by atoms with Crippen LogP contribution < -0.4 is 0 Å². The first-order valence-electron chi connectivity index (χ1n) is 5.19. The molecule has 0 atom stereocenters. The highest BCUT2D eigenvalue weighted by molar-refractivity contribution is 6.76. The maximum absolute atomic E-state index is 5.97. The molecule has 0 aromatic rings. The van der Waals surface area contributed by atoms with Gasteiger partial charge >= 0.3 is 0 Å². The molecule has 0 spiro atoms. The molecule has 0 aliphatic carbocycles. The van der Waals surface area contributed by atoms with Crippen molar-refractivity contribution in [2.24, 2.45) is 0 Å². The molecule has 2 heteroatoms. The topological polar surface area (TPSA) is 9.23 Å². The van der Waals surface area contributed by atoms with Gasteiger partial charge in [-0.05, 0) is 17.1 Å². The van der Waals surface area contributed by atoms with Crippen LogP contribution in [0.25, 0.3) is 0 Å². The van der Waals surface area contributed by atoms with Crippen LogP contribution in [-0.2, 0) is 4.43 Å². The standard InChI is InChI=1S/C12H22OSi/c1-7-9-13-14(10-8-2,11(3)4)12(5)6/h1,8,11-12H,2,9-10H2,3-6H3. The Morgan fingerprint density at radius 1 is 1.36 bits per heavy atom. The zero-order valence-electron chi connectivity index (χ0n) is 9.84. The highest BCUT2D eigenvalue weighted by atomic mass is 28.4. The van der Waals surface area contributed by atoms with E-state index in [1.807, 2.05) is 6.08 Å². The molecular formula is C12H22OSi. The van der Waals surface area contributed by atoms with E-state index in [0.717, 1.165) is 6.04 Å². The van der Waals surface area contributed by atoms with Crippen molar-refractivity contribution >= 4 is 8.32 Å². The quantitative estimate of drug-likeness (QED) is 0.370. The van der Waals surface area contributed by atoms with Gasteiger partial charge in [0.15, 0.2) is 0 Å². The minimum absolute atomic E-state index is 0.441. The predicted molar refractivity (Wildman–Crippen MR) is 65.7 cm³/mol. The van der Waals surface area contributed by atoms with Crippen LogP contribution in [0.15, 0.2) is 12.7 Å². The van der Waals surface area contributed by atoms with E-state index in [4.69, 9.17) is 10.8 Å². The fourth-order valence-corrected chi connectivity index (χ4v) is 5.80. The van der Waals surface area contributed by atoms with E-state index in [9.17, 15) is 0 Å². The third-order valence-electron chi connectivity index (χ3n) is 2.84. The van der Waals surface area contributed by atoms with E-state index in [1.165, 1.54) is 0 Å². The molecule has 0 N–H and O–H groups in total. The molecule has 0 amide bonds. The maximum Gasteiger partial charge on any atom is 0.202 e. The molecule has 0 radical (unpaired) electrons. The Bertz CT molecular complexity index is 205. The van der Waals surface area contributed by atoms with Crippen LogP contribution in [0.5, 0.6) is 0 Å². The molecule has 0 rings (SSSR count). The molecule has 0 saturated carbocycles. The van der Waals surface area contributed by atoms with E-state index in [0.29, 0.717) is 17.7 Å². The Balaban J connectivity index is 4.75. The molecule has 0 unspecified atom stereocenters. The van der Waals surface area contributed by atoms with Crippen molar-refractivity contribution in [3.63, 3.8) is 0 Å². The maximum atomic E-state index is 5.97. The molecule has 0 aliphatic heterocycles. The largest absolute Gasteiger partial charge is 0.405 e. The van der Waals surface area contributed by atoms with Crippen molar-refractivity contribution in [3.8, 4) is 12.3 Å². The van der Waals surface area contributed by atoms with Gasteiger partial charge < -0.3 is 4.43 Å². The van der Waals surface area contributed by atoms with Gasteiger partial charge in [0.05, 0.1) is 6.61 Å². The van der Waals surface area contributed by atoms with Crippen LogP contribution in [0.3, 0.4) is 0 Å². The van der Waals surface area contributed by atoms with Crippen molar-refractivity contribution in [3.05, 3.63) is 12.7 Å². The van der Waals surface area contributed by atoms with Crippen LogP contribution in [0.2, 0.25) is 17.1 Å². The van der Waals surface area contributed by atoms with Crippen LogP contribution in [-0.4, -0.2) is 14.9 Å². The van der Waals surface area contributed by atoms with Crippen molar-refractivity contribution < 1.29 is 4.43 Å². The first-order valence-corrected chi connectivity index (χ1v) is 7.46. The third-order valence-corrected chi connectivity index (χ3v) is 8.36. The minimum atomic E-state index is -1.73. The number of hydrogen-bond donors (Lipinski definition) is 0. The Labute approximate surface area is 89.7 Å². The zero-order valence-corrected chi connectivity index (χ0v) is 10.8. The smallest absolute Gasteiger partial charge is 0.202 e. The summed E-state index contributed by atoms with van der Waals surface area (Å²) in [6.07, 6.45) is 7.23. The van der Waals surface area contributed by atoms with Gasteiger partial charge in [-0.3, -0.25) is 0 Å². The molecular weight excluding hydrogens is 188 g/mol. The summed E-state index contributed by atoms with van der Waals surface area (Å²) in [5.74, 6) is 2.57. The van der Waals surface area contributed by atoms with E-state index in [1.54, 1.807) is 0 Å². The Morgan fingerprint density at radius 2 is 1.86 bits per heavy atom. The SMILES string of the molecule is C#CCO[Si](CC=C)(C(C)C)C(C)C. The Kier molecular flexibility index (Phi) is 5.83. The van der Waals surface area contributed by atoms with E-state index < -0.39 is 8.32 Å². The number of allylic oxidation sites excluding steroid dienone is 1. The average molecular weight is 210 g/mol. The molecule has 14 heavy (non-hydrogen) atoms. The van der Waals surface area contributed by atoms with Gasteiger partial charge in [0.25, 0.3) is 0 Å². The van der Waals surface area contributed by atoms with Gasteiger partial charge in [-0.25, -0.2) is 0 Å². The van der Waals surface area contributed by atoms with Gasteiger partial charge in [-0.15, -0.1) is 13.0 Å². The van der Waals surface area contributed by atoms with Crippen molar-refractivity contribution in [1.29, 1.82) is 0 Å². The van der Waals surface area contributed by atoms with E-state index in [-0.39, 0.29) is 0 Å². The summed E-state index contributed by atoms with van der Waals surface area (Å²) in [5, 5.41) is 0. The van der Waals surface area contributed by atoms with Gasteiger partial charge in [0.2, 0.25) is 8.32 Å². The van der Waals surface area contributed by atoms with Crippen molar-refractivity contribution in [1.82, 2.24) is 0 Å². The summed E-state index contributed by atoms with van der Waals surface area (Å²) in [4.78, 5) is 0. The molecule has 0 aliphatic rings. The van der Waals surface area contributed by atoms with Crippen LogP contribution in [0.1, 0.15) is 27.7 Å². The molecule has 0 heterocycles. The minimum Gasteiger partial charge on any atom is -0.405 e. The molecule has 0 aromatic heterocycles. The summed E-state index contributed by atoms with van der Waals surface area (Å²) in [6.45, 7) is 13.2. The van der Waals surface area contributed by atoms with Crippen molar-refractivity contribution in [2.45, 2.75) is 44.8 Å². The summed E-state index contributed by atoms with van der Waals surface area (Å²) in [5.41, 5.74) is 1.16. The van der Waals surface area contributed by atoms with Gasteiger partial charge in [-0.1, -0.05) is 39.7 Å². The normalized spacial score (nSPS) is 11.8. The lowest BCUT2D eigenvalue weighted by Crippen LogP contribution is -2.44. The second-order valence-electron chi connectivity index (χ2n) is 4.25. The van der Waals surface area contributed by atoms with Crippen molar-refractivity contribution in [2.75, 3.05) is 6.61 Å². The van der Waals surface area contributed by atoms with Crippen LogP contribution in [0.4, 0.5) is 0 Å². The summed E-state index contributed by atoms with van der Waals surface area (Å²) in [6, 6.07) is 0.990. The second-order valence-corrected chi connectivity index (χ2v) is 9.17. The van der Waals surface area contributed by atoms with Gasteiger partial charge in [0, 0.05) is 0 Å². The van der Waals surface area contributed by atoms with E-state index >= 15 is 0 Å². The monoisotopic (exact) mass is 210 g/mol. The number of rotatable bonds is 6. The molecule has 1 nitrogen and oxygen atoms in total. The summed E-state index contributed by atoms with van der Waals surface area (Å²) >= 11 is 0. The lowest BCUT2D eigenvalue weighted by atomic mass is 10.5. The lowest BCUT2D eigenvalue weighted by molar-refractivity contribution is 0.334. The third kappa shape index (κ3) is 3.00. The number of terminal acetylenes is 1. The Hall–Kier alpha value is -0.523. The first-order chi connectivity index (χ1) is 6.51. The summed E-state index contributed by atoms with van der Waals surface area (Å²) in [7, 11) is -1.73. The fourth-order valence-electron chi connectivity index (χ4n) is 1.93. The molecule has 0 bridgehead atoms. The lowest BCUT2D eigenvalue weighted by Gasteiger charge is -2.37. The van der Waals surface area contributed by atoms with E-state index in [2.05, 4.69) is 40.2 Å². The van der Waals surface area contributed by atoms with Crippen LogP contribution >= 0.6 is 0 Å². The molecule has 0 fully saturated rings.